The van der Waals surface area contributed by atoms with Crippen LogP contribution in [0.5, 0.6) is 0 Å². The molecular weight excluding hydrogens is 131 g/mol. The van der Waals surface area contributed by atoms with Crippen molar-refractivity contribution >= 4 is 11.0 Å². The van der Waals surface area contributed by atoms with E-state index in [9.17, 15) is 4.39 Å². The van der Waals surface area contributed by atoms with Crippen molar-refractivity contribution in [3.8, 4) is 0 Å². The van der Waals surface area contributed by atoms with Crippen LogP contribution in [0.1, 0.15) is 0 Å². The minimum atomic E-state index is -0.230. The molecule has 0 aliphatic carbocycles. The van der Waals surface area contributed by atoms with Gasteiger partial charge in [0.05, 0.1) is 5.39 Å². The first-order valence-electron chi connectivity index (χ1n) is 2.95. The number of hydrogen-bond acceptors (Lipinski definition) is 1. The van der Waals surface area contributed by atoms with Crippen molar-refractivity contribution in [1.82, 2.24) is 9.97 Å². The van der Waals surface area contributed by atoms with E-state index >= 15 is 0 Å². The fourth-order valence-corrected chi connectivity index (χ4v) is 0.927. The monoisotopic (exact) mass is 136 g/mol. The third-order valence-electron chi connectivity index (χ3n) is 1.41. The summed E-state index contributed by atoms with van der Waals surface area (Å²) in [5.41, 5.74) is 0.597. The van der Waals surface area contributed by atoms with E-state index < -0.39 is 0 Å². The van der Waals surface area contributed by atoms with Gasteiger partial charge >= 0.3 is 0 Å². The smallest absolute Gasteiger partial charge is 0.140 e. The second kappa shape index (κ2) is 1.80. The SMILES string of the molecule is Fc1ccnc2[nH]ccc12. The molecule has 0 aliphatic heterocycles. The molecule has 0 bridgehead atoms. The molecule has 0 aromatic carbocycles. The van der Waals surface area contributed by atoms with Crippen molar-refractivity contribution in [2.45, 2.75) is 0 Å². The van der Waals surface area contributed by atoms with E-state index in [-0.39, 0.29) is 5.82 Å². The number of rotatable bonds is 0. The molecule has 0 amide bonds. The van der Waals surface area contributed by atoms with Crippen molar-refractivity contribution in [3.63, 3.8) is 0 Å². The Balaban J connectivity index is 2.95. The Morgan fingerprint density at radius 2 is 2.30 bits per heavy atom. The molecule has 0 spiro atoms. The van der Waals surface area contributed by atoms with Gasteiger partial charge < -0.3 is 4.98 Å². The number of aromatic nitrogens is 2. The van der Waals surface area contributed by atoms with Crippen molar-refractivity contribution in [2.24, 2.45) is 0 Å². The van der Waals surface area contributed by atoms with E-state index in [0.717, 1.165) is 0 Å². The Morgan fingerprint density at radius 1 is 1.40 bits per heavy atom. The third kappa shape index (κ3) is 0.603. The molecule has 0 aliphatic rings. The fourth-order valence-electron chi connectivity index (χ4n) is 0.927. The van der Waals surface area contributed by atoms with E-state index in [1.54, 1.807) is 12.3 Å². The van der Waals surface area contributed by atoms with E-state index in [2.05, 4.69) is 9.97 Å². The van der Waals surface area contributed by atoms with Crippen LogP contribution in [-0.2, 0) is 0 Å². The summed E-state index contributed by atoms with van der Waals surface area (Å²) in [5.74, 6) is -0.230. The zero-order valence-corrected chi connectivity index (χ0v) is 5.13. The molecule has 0 atom stereocenters. The number of nitrogens with zero attached hydrogens (tertiary/aromatic N) is 1. The fraction of sp³-hybridized carbons (Fsp3) is 0. The second-order valence-electron chi connectivity index (χ2n) is 2.03. The van der Waals surface area contributed by atoms with Crippen LogP contribution in [0, 0.1) is 5.82 Å². The van der Waals surface area contributed by atoms with Crippen LogP contribution in [0.4, 0.5) is 4.39 Å². The molecule has 0 radical (unpaired) electrons. The lowest BCUT2D eigenvalue weighted by molar-refractivity contribution is 0.638. The zero-order chi connectivity index (χ0) is 6.97. The Kier molecular flexibility index (Phi) is 0.974. The molecule has 2 rings (SSSR count). The number of pyridine rings is 1. The molecule has 0 saturated heterocycles. The minimum Gasteiger partial charge on any atom is -0.346 e. The molecule has 50 valence electrons. The van der Waals surface area contributed by atoms with E-state index in [0.29, 0.717) is 11.0 Å². The summed E-state index contributed by atoms with van der Waals surface area (Å²) in [4.78, 5) is 6.72. The van der Waals surface area contributed by atoms with Gasteiger partial charge in [-0.15, -0.1) is 0 Å². The van der Waals surface area contributed by atoms with Gasteiger partial charge in [0, 0.05) is 12.4 Å². The Morgan fingerprint density at radius 3 is 3.10 bits per heavy atom. The molecule has 2 nitrogen and oxygen atoms in total. The van der Waals surface area contributed by atoms with E-state index in [4.69, 9.17) is 0 Å². The summed E-state index contributed by atoms with van der Waals surface area (Å²) in [6.07, 6.45) is 3.11. The van der Waals surface area contributed by atoms with Gasteiger partial charge in [-0.2, -0.15) is 0 Å². The van der Waals surface area contributed by atoms with Crippen molar-refractivity contribution in [2.75, 3.05) is 0 Å². The van der Waals surface area contributed by atoms with Gasteiger partial charge in [-0.05, 0) is 12.1 Å². The molecule has 10 heavy (non-hydrogen) atoms. The van der Waals surface area contributed by atoms with Crippen molar-refractivity contribution < 1.29 is 4.39 Å². The summed E-state index contributed by atoms with van der Waals surface area (Å²) < 4.78 is 12.8. The molecular formula is C7H5FN2. The van der Waals surface area contributed by atoms with E-state index in [1.807, 2.05) is 0 Å². The highest BCUT2D eigenvalue weighted by Crippen LogP contribution is 2.11. The molecule has 2 heterocycles. The van der Waals surface area contributed by atoms with Gasteiger partial charge in [-0.25, -0.2) is 9.37 Å². The van der Waals surface area contributed by atoms with Gasteiger partial charge in [0.1, 0.15) is 11.5 Å². The highest BCUT2D eigenvalue weighted by Gasteiger charge is 1.98. The Hall–Kier alpha value is -1.38. The lowest BCUT2D eigenvalue weighted by atomic mass is 10.3. The number of nitrogens with one attached hydrogen (secondary N) is 1. The van der Waals surface area contributed by atoms with Crippen LogP contribution >= 0.6 is 0 Å². The average Bonchev–Trinajstić information content (AvgIpc) is 2.36. The van der Waals surface area contributed by atoms with Crippen molar-refractivity contribution in [1.29, 1.82) is 0 Å². The van der Waals surface area contributed by atoms with Gasteiger partial charge in [0.15, 0.2) is 0 Å². The topological polar surface area (TPSA) is 28.7 Å². The van der Waals surface area contributed by atoms with Gasteiger partial charge in [-0.3, -0.25) is 0 Å². The second-order valence-corrected chi connectivity index (χ2v) is 2.03. The van der Waals surface area contributed by atoms with Crippen LogP contribution in [0.15, 0.2) is 24.5 Å². The third-order valence-corrected chi connectivity index (χ3v) is 1.41. The average molecular weight is 136 g/mol. The maximum Gasteiger partial charge on any atom is 0.140 e. The molecule has 0 fully saturated rings. The predicted octanol–water partition coefficient (Wildman–Crippen LogP) is 1.70. The van der Waals surface area contributed by atoms with Crippen LogP contribution in [0.3, 0.4) is 0 Å². The Labute approximate surface area is 56.7 Å². The molecule has 0 unspecified atom stereocenters. The van der Waals surface area contributed by atoms with Crippen LogP contribution in [0.25, 0.3) is 11.0 Å². The van der Waals surface area contributed by atoms with Crippen LogP contribution in [-0.4, -0.2) is 9.97 Å². The van der Waals surface area contributed by atoms with Gasteiger partial charge in [0.2, 0.25) is 0 Å². The van der Waals surface area contributed by atoms with Crippen LogP contribution in [0.2, 0.25) is 0 Å². The number of H-pyrrole nitrogens is 1. The molecule has 2 aromatic rings. The molecule has 2 aromatic heterocycles. The summed E-state index contributed by atoms with van der Waals surface area (Å²) in [7, 11) is 0. The first-order chi connectivity index (χ1) is 4.88. The quantitative estimate of drug-likeness (QED) is 0.586. The first-order valence-corrected chi connectivity index (χ1v) is 2.95. The van der Waals surface area contributed by atoms with Gasteiger partial charge in [-0.1, -0.05) is 0 Å². The number of hydrogen-bond donors (Lipinski definition) is 1. The summed E-state index contributed by atoms with van der Waals surface area (Å²) in [5, 5.41) is 0.544. The Bertz CT molecular complexity index is 353. The maximum atomic E-state index is 12.8. The normalized spacial score (nSPS) is 10.5. The molecule has 3 heteroatoms. The van der Waals surface area contributed by atoms with Gasteiger partial charge in [0.25, 0.3) is 0 Å². The summed E-state index contributed by atoms with van der Waals surface area (Å²) in [6.45, 7) is 0. The number of fused-ring (bicyclic) bond motifs is 1. The lowest BCUT2D eigenvalue weighted by Crippen LogP contribution is -1.78. The summed E-state index contributed by atoms with van der Waals surface area (Å²) >= 11 is 0. The highest BCUT2D eigenvalue weighted by atomic mass is 19.1. The van der Waals surface area contributed by atoms with E-state index in [1.165, 1.54) is 12.3 Å². The lowest BCUT2D eigenvalue weighted by Gasteiger charge is -1.87. The molecule has 0 saturated carbocycles. The standard InChI is InChI=1S/C7H5FN2/c8-6-2-4-10-7-5(6)1-3-9-7/h1-4H,(H,9,10). The predicted molar refractivity (Wildman–Crippen MR) is 36.1 cm³/mol. The van der Waals surface area contributed by atoms with Crippen LogP contribution < -0.4 is 0 Å². The first kappa shape index (κ1) is 5.41. The number of halogens is 1. The summed E-state index contributed by atoms with van der Waals surface area (Å²) in [6, 6.07) is 3.01. The number of aromatic amines is 1. The largest absolute Gasteiger partial charge is 0.346 e. The minimum absolute atomic E-state index is 0.230. The maximum absolute atomic E-state index is 12.8. The highest BCUT2D eigenvalue weighted by molar-refractivity contribution is 5.75. The van der Waals surface area contributed by atoms with Crippen molar-refractivity contribution in [3.05, 3.63) is 30.3 Å². The zero-order valence-electron chi connectivity index (χ0n) is 5.13. The molecule has 1 N–H and O–H groups in total.